The molecule has 20 heavy (non-hydrogen) atoms. The highest BCUT2D eigenvalue weighted by atomic mass is 127. The number of likely N-dealkylation sites (tertiary alicyclic amines) is 1. The predicted octanol–water partition coefficient (Wildman–Crippen LogP) is 2.67. The van der Waals surface area contributed by atoms with Crippen LogP contribution in [-0.2, 0) is 4.79 Å². The summed E-state index contributed by atoms with van der Waals surface area (Å²) in [7, 11) is 0. The zero-order chi connectivity index (χ0) is 14.7. The van der Waals surface area contributed by atoms with Crippen LogP contribution in [0.3, 0.4) is 0 Å². The van der Waals surface area contributed by atoms with Gasteiger partial charge >= 0.3 is 0 Å². The van der Waals surface area contributed by atoms with Gasteiger partial charge in [0.25, 0.3) is 5.91 Å². The van der Waals surface area contributed by atoms with Crippen molar-refractivity contribution in [1.82, 2.24) is 4.90 Å². The summed E-state index contributed by atoms with van der Waals surface area (Å²) in [6.07, 6.45) is 2.07. The van der Waals surface area contributed by atoms with Gasteiger partial charge in [0, 0.05) is 28.6 Å². The summed E-state index contributed by atoms with van der Waals surface area (Å²) >= 11 is 8.18. The van der Waals surface area contributed by atoms with E-state index in [1.54, 1.807) is 12.1 Å². The van der Waals surface area contributed by atoms with Crippen molar-refractivity contribution in [2.24, 2.45) is 11.7 Å². The van der Waals surface area contributed by atoms with E-state index >= 15 is 0 Å². The second-order valence-electron chi connectivity index (χ2n) is 5.03. The molecule has 1 aliphatic heterocycles. The quantitative estimate of drug-likeness (QED) is 0.785. The van der Waals surface area contributed by atoms with E-state index in [1.807, 2.05) is 11.0 Å². The van der Waals surface area contributed by atoms with E-state index in [-0.39, 0.29) is 11.8 Å². The van der Waals surface area contributed by atoms with Crippen molar-refractivity contribution in [3.63, 3.8) is 0 Å². The van der Waals surface area contributed by atoms with Crippen LogP contribution < -0.4 is 5.73 Å². The molecular formula is C14H16ClIN2O2. The van der Waals surface area contributed by atoms with E-state index in [1.165, 1.54) is 0 Å². The van der Waals surface area contributed by atoms with E-state index in [2.05, 4.69) is 22.6 Å². The molecule has 0 saturated carbocycles. The lowest BCUT2D eigenvalue weighted by atomic mass is 9.93. The zero-order valence-corrected chi connectivity index (χ0v) is 13.9. The molecule has 0 atom stereocenters. The standard InChI is InChI=1S/C14H16ClIN2O2/c15-11-8-10(1-2-12(11)16)14(20)18-5-3-9(4-6-18)7-13(17)19/h1-2,8-9H,3-7H2,(H2,17,19). The minimum atomic E-state index is -0.265. The van der Waals surface area contributed by atoms with Crippen LogP contribution in [0.15, 0.2) is 18.2 Å². The van der Waals surface area contributed by atoms with Crippen LogP contribution in [0, 0.1) is 9.49 Å². The molecule has 0 unspecified atom stereocenters. The molecule has 0 radical (unpaired) electrons. The molecule has 0 spiro atoms. The zero-order valence-electron chi connectivity index (χ0n) is 10.9. The van der Waals surface area contributed by atoms with E-state index in [0.717, 1.165) is 16.4 Å². The van der Waals surface area contributed by atoms with Gasteiger partial charge in [0.1, 0.15) is 0 Å². The molecule has 1 fully saturated rings. The topological polar surface area (TPSA) is 63.4 Å². The molecule has 4 nitrogen and oxygen atoms in total. The van der Waals surface area contributed by atoms with Crippen molar-refractivity contribution in [1.29, 1.82) is 0 Å². The molecule has 6 heteroatoms. The Hall–Kier alpha value is -0.820. The first kappa shape index (κ1) is 15.6. The van der Waals surface area contributed by atoms with Crippen LogP contribution in [0.25, 0.3) is 0 Å². The third-order valence-corrected chi connectivity index (χ3v) is 5.13. The van der Waals surface area contributed by atoms with Crippen molar-refractivity contribution < 1.29 is 9.59 Å². The Bertz CT molecular complexity index is 528. The fraction of sp³-hybridized carbons (Fsp3) is 0.429. The molecule has 0 bridgehead atoms. The average Bonchev–Trinajstić information content (AvgIpc) is 2.41. The average molecular weight is 407 g/mol. The van der Waals surface area contributed by atoms with Gasteiger partial charge < -0.3 is 10.6 Å². The van der Waals surface area contributed by atoms with Gasteiger partial charge in [0.15, 0.2) is 0 Å². The lowest BCUT2D eigenvalue weighted by molar-refractivity contribution is -0.119. The molecule has 1 aromatic carbocycles. The van der Waals surface area contributed by atoms with Gasteiger partial charge in [-0.1, -0.05) is 11.6 Å². The summed E-state index contributed by atoms with van der Waals surface area (Å²) in [5, 5.41) is 0.597. The monoisotopic (exact) mass is 406 g/mol. The molecule has 0 aromatic heterocycles. The first-order valence-electron chi connectivity index (χ1n) is 6.50. The van der Waals surface area contributed by atoms with Crippen molar-refractivity contribution >= 4 is 46.0 Å². The first-order chi connectivity index (χ1) is 9.47. The summed E-state index contributed by atoms with van der Waals surface area (Å²) in [6.45, 7) is 1.33. The minimum absolute atomic E-state index is 0.000764. The van der Waals surface area contributed by atoms with Gasteiger partial charge in [-0.15, -0.1) is 0 Å². The molecule has 0 aliphatic carbocycles. The maximum atomic E-state index is 12.4. The van der Waals surface area contributed by atoms with Gasteiger partial charge in [0.05, 0.1) is 5.02 Å². The van der Waals surface area contributed by atoms with Crippen LogP contribution in [-0.4, -0.2) is 29.8 Å². The number of carbonyl (C=O) groups is 2. The number of benzene rings is 1. The largest absolute Gasteiger partial charge is 0.370 e. The number of piperidine rings is 1. The van der Waals surface area contributed by atoms with Crippen LogP contribution in [0.4, 0.5) is 0 Å². The molecule has 2 rings (SSSR count). The third kappa shape index (κ3) is 3.85. The van der Waals surface area contributed by atoms with Crippen LogP contribution >= 0.6 is 34.2 Å². The molecule has 1 aliphatic rings. The molecular weight excluding hydrogens is 391 g/mol. The Labute approximate surface area is 136 Å². The van der Waals surface area contributed by atoms with Gasteiger partial charge in [-0.05, 0) is 59.5 Å². The minimum Gasteiger partial charge on any atom is -0.370 e. The number of nitrogens with two attached hydrogens (primary N) is 1. The maximum absolute atomic E-state index is 12.4. The number of primary amides is 1. The van der Waals surface area contributed by atoms with Gasteiger partial charge in [-0.3, -0.25) is 9.59 Å². The van der Waals surface area contributed by atoms with Crippen molar-refractivity contribution in [3.05, 3.63) is 32.4 Å². The van der Waals surface area contributed by atoms with Gasteiger partial charge in [-0.2, -0.15) is 0 Å². The molecule has 2 N–H and O–H groups in total. The molecule has 1 heterocycles. The Balaban J connectivity index is 1.97. The second kappa shape index (κ2) is 6.76. The lowest BCUT2D eigenvalue weighted by Crippen LogP contribution is -2.39. The number of hydrogen-bond donors (Lipinski definition) is 1. The summed E-state index contributed by atoms with van der Waals surface area (Å²) in [5.41, 5.74) is 5.82. The molecule has 1 aromatic rings. The van der Waals surface area contributed by atoms with Crippen molar-refractivity contribution in [2.45, 2.75) is 19.3 Å². The Morgan fingerprint density at radius 1 is 1.35 bits per heavy atom. The number of carbonyl (C=O) groups excluding carboxylic acids is 2. The fourth-order valence-corrected chi connectivity index (χ4v) is 2.95. The molecule has 1 saturated heterocycles. The van der Waals surface area contributed by atoms with Crippen molar-refractivity contribution in [2.75, 3.05) is 13.1 Å². The predicted molar refractivity (Wildman–Crippen MR) is 86.6 cm³/mol. The SMILES string of the molecule is NC(=O)CC1CCN(C(=O)c2ccc(I)c(Cl)c2)CC1. The fourth-order valence-electron chi connectivity index (χ4n) is 2.44. The number of hydrogen-bond acceptors (Lipinski definition) is 2. The number of rotatable bonds is 3. The lowest BCUT2D eigenvalue weighted by Gasteiger charge is -2.31. The van der Waals surface area contributed by atoms with Crippen LogP contribution in [0.5, 0.6) is 0 Å². The number of amides is 2. The molecule has 2 amide bonds. The van der Waals surface area contributed by atoms with Crippen LogP contribution in [0.2, 0.25) is 5.02 Å². The Morgan fingerprint density at radius 2 is 2.00 bits per heavy atom. The van der Waals surface area contributed by atoms with E-state index in [0.29, 0.717) is 36.0 Å². The number of halogens is 2. The normalized spacial score (nSPS) is 16.2. The summed E-state index contributed by atoms with van der Waals surface area (Å²) in [5.74, 6) is 0.0388. The van der Waals surface area contributed by atoms with E-state index < -0.39 is 0 Å². The van der Waals surface area contributed by atoms with Crippen molar-refractivity contribution in [3.8, 4) is 0 Å². The summed E-state index contributed by atoms with van der Waals surface area (Å²) < 4.78 is 0.931. The highest BCUT2D eigenvalue weighted by molar-refractivity contribution is 14.1. The second-order valence-corrected chi connectivity index (χ2v) is 6.60. The Morgan fingerprint density at radius 3 is 2.55 bits per heavy atom. The smallest absolute Gasteiger partial charge is 0.253 e. The van der Waals surface area contributed by atoms with Crippen LogP contribution in [0.1, 0.15) is 29.6 Å². The van der Waals surface area contributed by atoms with Gasteiger partial charge in [0.2, 0.25) is 5.91 Å². The van der Waals surface area contributed by atoms with E-state index in [9.17, 15) is 9.59 Å². The highest BCUT2D eigenvalue weighted by Crippen LogP contribution is 2.24. The highest BCUT2D eigenvalue weighted by Gasteiger charge is 2.24. The Kier molecular flexibility index (Phi) is 5.26. The number of nitrogens with zero attached hydrogens (tertiary/aromatic N) is 1. The first-order valence-corrected chi connectivity index (χ1v) is 7.95. The summed E-state index contributed by atoms with van der Waals surface area (Å²) in [6, 6.07) is 5.35. The van der Waals surface area contributed by atoms with E-state index in [4.69, 9.17) is 17.3 Å². The maximum Gasteiger partial charge on any atom is 0.253 e. The van der Waals surface area contributed by atoms with Gasteiger partial charge in [-0.25, -0.2) is 0 Å². The third-order valence-electron chi connectivity index (χ3n) is 3.56. The molecule has 108 valence electrons. The summed E-state index contributed by atoms with van der Waals surface area (Å²) in [4.78, 5) is 25.1.